The van der Waals surface area contributed by atoms with Crippen molar-refractivity contribution < 1.29 is 18.7 Å². The van der Waals surface area contributed by atoms with Gasteiger partial charge in [-0.3, -0.25) is 9.69 Å². The first kappa shape index (κ1) is 21.6. The van der Waals surface area contributed by atoms with Gasteiger partial charge in [-0.1, -0.05) is 31.0 Å². The van der Waals surface area contributed by atoms with E-state index in [1.807, 2.05) is 23.1 Å². The van der Waals surface area contributed by atoms with Crippen molar-refractivity contribution in [1.29, 1.82) is 0 Å². The van der Waals surface area contributed by atoms with Crippen LogP contribution in [0.2, 0.25) is 0 Å². The van der Waals surface area contributed by atoms with Crippen LogP contribution in [0.15, 0.2) is 42.5 Å². The monoisotopic (exact) mass is 426 g/mol. The van der Waals surface area contributed by atoms with E-state index in [1.54, 1.807) is 26.4 Å². The molecule has 4 rings (SSSR count). The molecule has 0 spiro atoms. The minimum atomic E-state index is -0.562. The van der Waals surface area contributed by atoms with Crippen molar-refractivity contribution in [2.45, 2.75) is 37.6 Å². The zero-order valence-corrected chi connectivity index (χ0v) is 18.4. The highest BCUT2D eigenvalue weighted by Gasteiger charge is 2.45. The van der Waals surface area contributed by atoms with Crippen molar-refractivity contribution in [1.82, 2.24) is 9.80 Å². The number of carbonyl (C=O) groups excluding carboxylic acids is 1. The van der Waals surface area contributed by atoms with Crippen molar-refractivity contribution in [3.63, 3.8) is 0 Å². The normalized spacial score (nSPS) is 18.7. The predicted octanol–water partition coefficient (Wildman–Crippen LogP) is 4.00. The second kappa shape index (κ2) is 9.27. The van der Waals surface area contributed by atoms with Crippen molar-refractivity contribution in [3.05, 3.63) is 59.4 Å². The highest BCUT2D eigenvalue weighted by molar-refractivity contribution is 5.88. The summed E-state index contributed by atoms with van der Waals surface area (Å²) in [5.41, 5.74) is 1.43. The lowest BCUT2D eigenvalue weighted by atomic mass is 9.77. The van der Waals surface area contributed by atoms with Crippen molar-refractivity contribution in [2.24, 2.45) is 0 Å². The first-order valence-corrected chi connectivity index (χ1v) is 11.0. The Morgan fingerprint density at radius 1 is 0.968 bits per heavy atom. The molecule has 2 aromatic rings. The van der Waals surface area contributed by atoms with E-state index in [0.29, 0.717) is 13.1 Å². The van der Waals surface area contributed by atoms with E-state index in [2.05, 4.69) is 11.0 Å². The molecule has 5 nitrogen and oxygen atoms in total. The maximum absolute atomic E-state index is 13.9. The molecule has 0 bridgehead atoms. The van der Waals surface area contributed by atoms with Crippen LogP contribution in [0, 0.1) is 5.82 Å². The fourth-order valence-corrected chi connectivity index (χ4v) is 5.04. The smallest absolute Gasteiger partial charge is 0.233 e. The van der Waals surface area contributed by atoms with E-state index >= 15 is 0 Å². The third-order valence-corrected chi connectivity index (χ3v) is 6.76. The number of carbonyl (C=O) groups is 1. The number of rotatable bonds is 6. The van der Waals surface area contributed by atoms with Gasteiger partial charge in [0.2, 0.25) is 5.91 Å². The molecular weight excluding hydrogens is 395 g/mol. The Morgan fingerprint density at radius 2 is 1.68 bits per heavy atom. The van der Waals surface area contributed by atoms with Crippen LogP contribution in [0.4, 0.5) is 4.39 Å². The minimum absolute atomic E-state index is 0.168. The highest BCUT2D eigenvalue weighted by atomic mass is 19.1. The molecule has 2 fully saturated rings. The van der Waals surface area contributed by atoms with Gasteiger partial charge in [0.15, 0.2) is 11.5 Å². The summed E-state index contributed by atoms with van der Waals surface area (Å²) in [5, 5.41) is 0. The van der Waals surface area contributed by atoms with E-state index in [4.69, 9.17) is 9.47 Å². The average Bonchev–Trinajstić information content (AvgIpc) is 3.30. The van der Waals surface area contributed by atoms with Crippen LogP contribution in [0.5, 0.6) is 11.5 Å². The summed E-state index contributed by atoms with van der Waals surface area (Å²) in [6, 6.07) is 12.6. The zero-order chi connectivity index (χ0) is 21.8. The lowest BCUT2D eigenvalue weighted by molar-refractivity contribution is -0.139. The first-order valence-electron chi connectivity index (χ1n) is 11.0. The molecule has 1 heterocycles. The summed E-state index contributed by atoms with van der Waals surface area (Å²) in [4.78, 5) is 18.0. The fourth-order valence-electron chi connectivity index (χ4n) is 5.04. The maximum atomic E-state index is 13.9. The van der Waals surface area contributed by atoms with Crippen molar-refractivity contribution in [2.75, 3.05) is 40.4 Å². The first-order chi connectivity index (χ1) is 15.1. The van der Waals surface area contributed by atoms with Gasteiger partial charge < -0.3 is 14.4 Å². The Balaban J connectivity index is 1.42. The highest BCUT2D eigenvalue weighted by Crippen LogP contribution is 2.43. The van der Waals surface area contributed by atoms with Crippen LogP contribution in [0.3, 0.4) is 0 Å². The van der Waals surface area contributed by atoms with E-state index in [0.717, 1.165) is 67.9 Å². The minimum Gasteiger partial charge on any atom is -0.493 e. The Kier molecular flexibility index (Phi) is 6.46. The molecule has 2 aromatic carbocycles. The van der Waals surface area contributed by atoms with E-state index in [-0.39, 0.29) is 11.7 Å². The molecule has 31 heavy (non-hydrogen) atoms. The molecule has 6 heteroatoms. The number of ether oxygens (including phenoxy) is 2. The molecule has 1 saturated carbocycles. The molecule has 1 saturated heterocycles. The molecule has 1 aliphatic heterocycles. The van der Waals surface area contributed by atoms with Crippen molar-refractivity contribution >= 4 is 5.91 Å². The molecule has 1 amide bonds. The zero-order valence-electron chi connectivity index (χ0n) is 18.4. The Morgan fingerprint density at radius 3 is 2.32 bits per heavy atom. The molecule has 0 radical (unpaired) electrons. The Bertz CT molecular complexity index is 919. The fraction of sp³-hybridized carbons (Fsp3) is 0.480. The second-order valence-electron chi connectivity index (χ2n) is 8.56. The van der Waals surface area contributed by atoms with E-state index in [9.17, 15) is 9.18 Å². The van der Waals surface area contributed by atoms with Crippen LogP contribution in [0.1, 0.15) is 36.8 Å². The largest absolute Gasteiger partial charge is 0.493 e. The van der Waals surface area contributed by atoms with Crippen LogP contribution in [-0.2, 0) is 16.8 Å². The van der Waals surface area contributed by atoms with Gasteiger partial charge in [0.1, 0.15) is 5.82 Å². The number of benzene rings is 2. The lowest BCUT2D eigenvalue weighted by Gasteiger charge is -2.40. The van der Waals surface area contributed by atoms with Crippen molar-refractivity contribution in [3.8, 4) is 11.5 Å². The maximum Gasteiger partial charge on any atom is 0.233 e. The third-order valence-electron chi connectivity index (χ3n) is 6.76. The molecule has 1 aliphatic carbocycles. The molecular formula is C25H31FN2O3. The lowest BCUT2D eigenvalue weighted by Crippen LogP contribution is -2.53. The van der Waals surface area contributed by atoms with Gasteiger partial charge in [-0.2, -0.15) is 0 Å². The van der Waals surface area contributed by atoms with Crippen LogP contribution < -0.4 is 9.47 Å². The number of methoxy groups -OCH3 is 2. The average molecular weight is 427 g/mol. The van der Waals surface area contributed by atoms with Gasteiger partial charge in [-0.15, -0.1) is 0 Å². The summed E-state index contributed by atoms with van der Waals surface area (Å²) in [6.45, 7) is 3.84. The van der Waals surface area contributed by atoms with E-state index in [1.165, 1.54) is 6.07 Å². The molecule has 0 N–H and O–H groups in total. The molecule has 0 aromatic heterocycles. The van der Waals surface area contributed by atoms with Gasteiger partial charge >= 0.3 is 0 Å². The van der Waals surface area contributed by atoms with Crippen LogP contribution in [-0.4, -0.2) is 56.1 Å². The third kappa shape index (κ3) is 4.40. The van der Waals surface area contributed by atoms with Crippen LogP contribution in [0.25, 0.3) is 0 Å². The van der Waals surface area contributed by atoms with Crippen LogP contribution >= 0.6 is 0 Å². The molecule has 166 valence electrons. The summed E-state index contributed by atoms with van der Waals surface area (Å²) in [6.07, 6.45) is 3.64. The van der Waals surface area contributed by atoms with E-state index < -0.39 is 5.41 Å². The number of amides is 1. The molecule has 0 atom stereocenters. The van der Waals surface area contributed by atoms with Gasteiger partial charge in [0.05, 0.1) is 19.6 Å². The quantitative estimate of drug-likeness (QED) is 0.700. The summed E-state index contributed by atoms with van der Waals surface area (Å²) in [5.74, 6) is 1.35. The number of nitrogens with zero attached hydrogens (tertiary/aromatic N) is 2. The van der Waals surface area contributed by atoms with Gasteiger partial charge in [-0.05, 0) is 48.2 Å². The van der Waals surface area contributed by atoms with Gasteiger partial charge in [-0.25, -0.2) is 4.39 Å². The summed E-state index contributed by atoms with van der Waals surface area (Å²) >= 11 is 0. The second-order valence-corrected chi connectivity index (χ2v) is 8.56. The summed E-state index contributed by atoms with van der Waals surface area (Å²) < 4.78 is 24.6. The standard InChI is InChI=1S/C25H31FN2O3/c1-30-22-9-8-19(16-23(22)31-2)18-27-12-14-28(15-13-27)24(29)25(10-3-4-11-25)20-6-5-7-21(26)17-20/h5-9,16-17H,3-4,10-15,18H2,1-2H3. The number of hydrogen-bond acceptors (Lipinski definition) is 4. The number of hydrogen-bond donors (Lipinski definition) is 0. The number of halogens is 1. The summed E-state index contributed by atoms with van der Waals surface area (Å²) in [7, 11) is 3.28. The Labute approximate surface area is 183 Å². The van der Waals surface area contributed by atoms with Gasteiger partial charge in [0, 0.05) is 32.7 Å². The predicted molar refractivity (Wildman–Crippen MR) is 118 cm³/mol. The van der Waals surface area contributed by atoms with Gasteiger partial charge in [0.25, 0.3) is 0 Å². The SMILES string of the molecule is COc1ccc(CN2CCN(C(=O)C3(c4cccc(F)c4)CCCC3)CC2)cc1OC. The molecule has 0 unspecified atom stereocenters. The molecule has 2 aliphatic rings. The topological polar surface area (TPSA) is 42.0 Å². The number of piperazine rings is 1. The Hall–Kier alpha value is -2.60.